The maximum atomic E-state index is 11.2. The first-order valence-electron chi connectivity index (χ1n) is 5.66. The third-order valence-electron chi connectivity index (χ3n) is 2.51. The predicted molar refractivity (Wildman–Crippen MR) is 65.5 cm³/mol. The molecular weight excluding hydrogens is 250 g/mol. The Balaban J connectivity index is 2.58. The maximum absolute atomic E-state index is 11.2. The third kappa shape index (κ3) is 2.63. The molecule has 0 aromatic carbocycles. The molecule has 0 aliphatic heterocycles. The summed E-state index contributed by atoms with van der Waals surface area (Å²) >= 11 is 0. The minimum absolute atomic E-state index is 0.121. The molecule has 0 amide bonds. The van der Waals surface area contributed by atoms with Crippen LogP contribution < -0.4 is 0 Å². The van der Waals surface area contributed by atoms with E-state index >= 15 is 0 Å². The molecule has 2 aromatic rings. The van der Waals surface area contributed by atoms with Crippen LogP contribution in [-0.4, -0.2) is 46.3 Å². The molecule has 2 N–H and O–H groups in total. The summed E-state index contributed by atoms with van der Waals surface area (Å²) in [6.07, 6.45) is 3.25. The van der Waals surface area contributed by atoms with Gasteiger partial charge < -0.3 is 14.8 Å². The number of aryl methyl sites for hydroxylation is 1. The summed E-state index contributed by atoms with van der Waals surface area (Å²) in [4.78, 5) is 15.3. The molecule has 2 aromatic heterocycles. The van der Waals surface area contributed by atoms with E-state index in [0.717, 1.165) is 0 Å². The summed E-state index contributed by atoms with van der Waals surface area (Å²) in [5, 5.41) is 26.4. The van der Waals surface area contributed by atoms with Crippen LogP contribution in [0, 0.1) is 0 Å². The van der Waals surface area contributed by atoms with Gasteiger partial charge in [-0.2, -0.15) is 0 Å². The van der Waals surface area contributed by atoms with Crippen molar-refractivity contribution in [1.82, 2.24) is 24.5 Å². The number of aromatic carboxylic acids is 1. The second-order valence-electron chi connectivity index (χ2n) is 4.92. The molecule has 102 valence electrons. The van der Waals surface area contributed by atoms with Crippen molar-refractivity contribution in [2.75, 3.05) is 0 Å². The molecule has 0 saturated carbocycles. The van der Waals surface area contributed by atoms with Gasteiger partial charge in [-0.25, -0.2) is 14.5 Å². The second kappa shape index (κ2) is 4.47. The highest BCUT2D eigenvalue weighted by Crippen LogP contribution is 2.21. The van der Waals surface area contributed by atoms with E-state index in [1.165, 1.54) is 4.68 Å². The van der Waals surface area contributed by atoms with Crippen LogP contribution in [-0.2, 0) is 13.6 Å². The number of carboxylic acids is 1. The fourth-order valence-corrected chi connectivity index (χ4v) is 1.75. The normalized spacial score (nSPS) is 11.8. The Morgan fingerprint density at radius 1 is 1.47 bits per heavy atom. The fraction of sp³-hybridized carbons (Fsp3) is 0.455. The highest BCUT2D eigenvalue weighted by atomic mass is 16.4. The van der Waals surface area contributed by atoms with Gasteiger partial charge >= 0.3 is 5.97 Å². The Bertz CT molecular complexity index is 608. The number of aliphatic hydroxyl groups is 1. The fourth-order valence-electron chi connectivity index (χ4n) is 1.75. The third-order valence-corrected chi connectivity index (χ3v) is 2.51. The molecule has 0 aliphatic carbocycles. The van der Waals surface area contributed by atoms with Gasteiger partial charge in [0.25, 0.3) is 0 Å². The van der Waals surface area contributed by atoms with Crippen LogP contribution in [0.5, 0.6) is 0 Å². The summed E-state index contributed by atoms with van der Waals surface area (Å²) in [5.41, 5.74) is -0.940. The molecule has 8 heteroatoms. The van der Waals surface area contributed by atoms with Crippen LogP contribution >= 0.6 is 0 Å². The highest BCUT2D eigenvalue weighted by Gasteiger charge is 2.26. The average Bonchev–Trinajstić information content (AvgIpc) is 2.82. The lowest BCUT2D eigenvalue weighted by Crippen LogP contribution is -2.27. The molecule has 2 rings (SSSR count). The number of hydrogen-bond acceptors (Lipinski definition) is 5. The van der Waals surface area contributed by atoms with E-state index in [4.69, 9.17) is 5.11 Å². The standard InChI is InChI=1S/C11H15N5O3/c1-11(2,19)6-16-8(7(10(17)18)13-14-16)9-12-4-5-15(9)3/h4-5,19H,6H2,1-3H3,(H,17,18). The first-order chi connectivity index (χ1) is 8.79. The van der Waals surface area contributed by atoms with Crippen molar-refractivity contribution in [3.63, 3.8) is 0 Å². The summed E-state index contributed by atoms with van der Waals surface area (Å²) in [6, 6.07) is 0. The minimum Gasteiger partial charge on any atom is -0.476 e. The van der Waals surface area contributed by atoms with Crippen molar-refractivity contribution in [2.45, 2.75) is 26.0 Å². The van der Waals surface area contributed by atoms with Crippen LogP contribution in [0.25, 0.3) is 11.5 Å². The molecule has 0 spiro atoms. The number of hydrogen-bond donors (Lipinski definition) is 2. The van der Waals surface area contributed by atoms with Crippen LogP contribution in [0.15, 0.2) is 12.4 Å². The molecule has 2 heterocycles. The van der Waals surface area contributed by atoms with Crippen molar-refractivity contribution in [2.24, 2.45) is 7.05 Å². The number of carboxylic acid groups (broad SMARTS) is 1. The van der Waals surface area contributed by atoms with Crippen LogP contribution in [0.1, 0.15) is 24.3 Å². The van der Waals surface area contributed by atoms with Gasteiger partial charge in [-0.05, 0) is 13.8 Å². The number of rotatable bonds is 4. The van der Waals surface area contributed by atoms with Crippen molar-refractivity contribution in [3.8, 4) is 11.5 Å². The van der Waals surface area contributed by atoms with E-state index in [9.17, 15) is 9.90 Å². The maximum Gasteiger partial charge on any atom is 0.358 e. The molecule has 0 radical (unpaired) electrons. The summed E-state index contributed by atoms with van der Waals surface area (Å²) < 4.78 is 3.03. The van der Waals surface area contributed by atoms with Gasteiger partial charge in [0.1, 0.15) is 5.69 Å². The largest absolute Gasteiger partial charge is 0.476 e. The lowest BCUT2D eigenvalue weighted by atomic mass is 10.1. The van der Waals surface area contributed by atoms with Gasteiger partial charge in [0.15, 0.2) is 5.82 Å². The second-order valence-corrected chi connectivity index (χ2v) is 4.92. The molecule has 0 bridgehead atoms. The molecule has 19 heavy (non-hydrogen) atoms. The van der Waals surface area contributed by atoms with Gasteiger partial charge in [0, 0.05) is 19.4 Å². The van der Waals surface area contributed by atoms with Crippen molar-refractivity contribution >= 4 is 5.97 Å². The zero-order valence-corrected chi connectivity index (χ0v) is 10.9. The SMILES string of the molecule is Cn1ccnc1-c1c(C(=O)O)nnn1CC(C)(C)O. The number of nitrogens with zero attached hydrogens (tertiary/aromatic N) is 5. The van der Waals surface area contributed by atoms with Gasteiger partial charge in [0.2, 0.25) is 5.69 Å². The van der Waals surface area contributed by atoms with Gasteiger partial charge in [-0.1, -0.05) is 5.21 Å². The number of carbonyl (C=O) groups is 1. The van der Waals surface area contributed by atoms with E-state index in [0.29, 0.717) is 5.82 Å². The van der Waals surface area contributed by atoms with Crippen molar-refractivity contribution in [3.05, 3.63) is 18.1 Å². The number of imidazole rings is 1. The Morgan fingerprint density at radius 3 is 2.63 bits per heavy atom. The Labute approximate surface area is 109 Å². The quantitative estimate of drug-likeness (QED) is 0.815. The first-order valence-corrected chi connectivity index (χ1v) is 5.66. The van der Waals surface area contributed by atoms with Crippen LogP contribution in [0.3, 0.4) is 0 Å². The Kier molecular flexibility index (Phi) is 3.11. The average molecular weight is 265 g/mol. The smallest absolute Gasteiger partial charge is 0.358 e. The van der Waals surface area contributed by atoms with E-state index in [-0.39, 0.29) is 17.9 Å². The van der Waals surface area contributed by atoms with Gasteiger partial charge in [0.05, 0.1) is 12.1 Å². The predicted octanol–water partition coefficient (Wildman–Crippen LogP) is 0.148. The lowest BCUT2D eigenvalue weighted by Gasteiger charge is -2.17. The monoisotopic (exact) mass is 265 g/mol. The molecular formula is C11H15N5O3. The van der Waals surface area contributed by atoms with Crippen LogP contribution in [0.4, 0.5) is 0 Å². The molecule has 0 atom stereocenters. The lowest BCUT2D eigenvalue weighted by molar-refractivity contribution is 0.0574. The van der Waals surface area contributed by atoms with Crippen molar-refractivity contribution in [1.29, 1.82) is 0 Å². The minimum atomic E-state index is -1.18. The van der Waals surface area contributed by atoms with Crippen LogP contribution in [0.2, 0.25) is 0 Å². The summed E-state index contributed by atoms with van der Waals surface area (Å²) in [6.45, 7) is 3.34. The molecule has 0 saturated heterocycles. The first kappa shape index (κ1) is 13.2. The topological polar surface area (TPSA) is 106 Å². The zero-order valence-electron chi connectivity index (χ0n) is 10.9. The Morgan fingerprint density at radius 2 is 2.16 bits per heavy atom. The zero-order chi connectivity index (χ0) is 14.2. The highest BCUT2D eigenvalue weighted by molar-refractivity contribution is 5.91. The van der Waals surface area contributed by atoms with E-state index in [1.807, 2.05) is 0 Å². The van der Waals surface area contributed by atoms with E-state index < -0.39 is 11.6 Å². The summed E-state index contributed by atoms with van der Waals surface area (Å²) in [5.74, 6) is -0.744. The van der Waals surface area contributed by atoms with Gasteiger partial charge in [-0.15, -0.1) is 5.10 Å². The van der Waals surface area contributed by atoms with E-state index in [2.05, 4.69) is 15.3 Å². The molecule has 0 aliphatic rings. The van der Waals surface area contributed by atoms with Gasteiger partial charge in [-0.3, -0.25) is 0 Å². The molecule has 0 fully saturated rings. The number of aromatic nitrogens is 5. The van der Waals surface area contributed by atoms with Crippen molar-refractivity contribution < 1.29 is 15.0 Å². The Hall–Kier alpha value is -2.22. The molecule has 8 nitrogen and oxygen atoms in total. The summed E-state index contributed by atoms with van der Waals surface area (Å²) in [7, 11) is 1.75. The molecule has 0 unspecified atom stereocenters. The van der Waals surface area contributed by atoms with E-state index in [1.54, 1.807) is 37.9 Å².